The second-order valence-corrected chi connectivity index (χ2v) is 7.43. The van der Waals surface area contributed by atoms with Crippen molar-refractivity contribution in [1.29, 1.82) is 0 Å². The zero-order chi connectivity index (χ0) is 23.6. The monoisotopic (exact) mass is 465 g/mol. The molecule has 3 aromatic rings. The third-order valence-electron chi connectivity index (χ3n) is 4.47. The van der Waals surface area contributed by atoms with Gasteiger partial charge in [0.25, 0.3) is 5.91 Å². The summed E-state index contributed by atoms with van der Waals surface area (Å²) >= 11 is 6.07. The Labute approximate surface area is 197 Å². The van der Waals surface area contributed by atoms with Crippen LogP contribution in [0.4, 0.5) is 5.69 Å². The summed E-state index contributed by atoms with van der Waals surface area (Å²) in [6, 6.07) is 19.3. The number of rotatable bonds is 9. The van der Waals surface area contributed by atoms with Gasteiger partial charge < -0.3 is 14.8 Å². The van der Waals surface area contributed by atoms with Crippen molar-refractivity contribution in [1.82, 2.24) is 5.43 Å². The van der Waals surface area contributed by atoms with Crippen molar-refractivity contribution >= 4 is 35.4 Å². The number of amides is 1. The molecule has 0 atom stereocenters. The van der Waals surface area contributed by atoms with Gasteiger partial charge in [-0.2, -0.15) is 5.10 Å². The van der Waals surface area contributed by atoms with E-state index in [1.54, 1.807) is 42.5 Å². The van der Waals surface area contributed by atoms with E-state index in [9.17, 15) is 9.59 Å². The molecule has 0 aliphatic carbocycles. The molecule has 3 aromatic carbocycles. The molecule has 170 valence electrons. The zero-order valence-electron chi connectivity index (χ0n) is 18.3. The average molecular weight is 466 g/mol. The van der Waals surface area contributed by atoms with Crippen LogP contribution in [0, 0.1) is 6.92 Å². The number of hydrogen-bond donors (Lipinski definition) is 2. The van der Waals surface area contributed by atoms with Crippen molar-refractivity contribution in [3.63, 3.8) is 0 Å². The Morgan fingerprint density at radius 1 is 1.03 bits per heavy atom. The molecule has 0 saturated carbocycles. The van der Waals surface area contributed by atoms with E-state index >= 15 is 0 Å². The number of ether oxygens (including phenoxy) is 2. The van der Waals surface area contributed by atoms with Crippen LogP contribution in [0.15, 0.2) is 71.8 Å². The van der Waals surface area contributed by atoms with E-state index in [0.717, 1.165) is 11.3 Å². The van der Waals surface area contributed by atoms with Crippen LogP contribution in [0.3, 0.4) is 0 Å². The predicted molar refractivity (Wildman–Crippen MR) is 129 cm³/mol. The molecule has 0 radical (unpaired) electrons. The van der Waals surface area contributed by atoms with Crippen LogP contribution in [-0.2, 0) is 4.79 Å². The molecular formula is C25H24ClN3O4. The average Bonchev–Trinajstić information content (AvgIpc) is 2.80. The summed E-state index contributed by atoms with van der Waals surface area (Å²) in [6.07, 6.45) is 1.48. The fraction of sp³-hybridized carbons (Fsp3) is 0.160. The molecule has 0 heterocycles. The topological polar surface area (TPSA) is 89.0 Å². The number of hydrogen-bond acceptors (Lipinski definition) is 6. The van der Waals surface area contributed by atoms with Crippen LogP contribution in [0.5, 0.6) is 11.5 Å². The number of halogens is 1. The normalized spacial score (nSPS) is 10.6. The molecule has 1 amide bonds. The van der Waals surface area contributed by atoms with Gasteiger partial charge in [-0.15, -0.1) is 0 Å². The summed E-state index contributed by atoms with van der Waals surface area (Å²) < 4.78 is 11.1. The highest BCUT2D eigenvalue weighted by Crippen LogP contribution is 2.29. The smallest absolute Gasteiger partial charge is 0.345 e. The number of carbonyl (C=O) groups is 2. The number of nitrogens with one attached hydrogen (secondary N) is 2. The Kier molecular flexibility index (Phi) is 8.43. The van der Waals surface area contributed by atoms with Crippen LogP contribution in [0.2, 0.25) is 5.02 Å². The van der Waals surface area contributed by atoms with Gasteiger partial charge in [-0.25, -0.2) is 10.2 Å². The lowest BCUT2D eigenvalue weighted by molar-refractivity contribution is -0.119. The summed E-state index contributed by atoms with van der Waals surface area (Å²) in [4.78, 5) is 24.5. The number of nitrogens with zero attached hydrogens (tertiary/aromatic N) is 1. The number of esters is 1. The molecule has 7 nitrogen and oxygen atoms in total. The summed E-state index contributed by atoms with van der Waals surface area (Å²) in [5.74, 6) is -0.252. The van der Waals surface area contributed by atoms with Crippen molar-refractivity contribution in [2.75, 3.05) is 18.5 Å². The first-order valence-corrected chi connectivity index (χ1v) is 10.7. The molecule has 0 bridgehead atoms. The van der Waals surface area contributed by atoms with Crippen molar-refractivity contribution in [3.05, 3.63) is 88.4 Å². The lowest BCUT2D eigenvalue weighted by Gasteiger charge is -2.12. The molecule has 0 unspecified atom stereocenters. The van der Waals surface area contributed by atoms with Gasteiger partial charge in [-0.3, -0.25) is 4.79 Å². The molecule has 0 spiro atoms. The van der Waals surface area contributed by atoms with E-state index in [0.29, 0.717) is 22.9 Å². The highest BCUT2D eigenvalue weighted by molar-refractivity contribution is 6.33. The maximum Gasteiger partial charge on any atom is 0.345 e. The van der Waals surface area contributed by atoms with Gasteiger partial charge in [-0.05, 0) is 61.9 Å². The van der Waals surface area contributed by atoms with Crippen LogP contribution in [0.25, 0.3) is 0 Å². The molecule has 3 rings (SSSR count). The number of benzene rings is 3. The van der Waals surface area contributed by atoms with Crippen LogP contribution in [-0.4, -0.2) is 31.2 Å². The first-order chi connectivity index (χ1) is 16.0. The van der Waals surface area contributed by atoms with E-state index < -0.39 is 5.97 Å². The molecule has 0 fully saturated rings. The maximum atomic E-state index is 12.5. The number of aryl methyl sites for hydroxylation is 1. The number of hydrazone groups is 1. The molecular weight excluding hydrogens is 442 g/mol. The molecule has 0 aromatic heterocycles. The highest BCUT2D eigenvalue weighted by atomic mass is 35.5. The van der Waals surface area contributed by atoms with Crippen LogP contribution < -0.4 is 20.2 Å². The molecule has 8 heteroatoms. The Bertz CT molecular complexity index is 1150. The second-order valence-electron chi connectivity index (χ2n) is 7.02. The summed E-state index contributed by atoms with van der Waals surface area (Å²) in [6.45, 7) is 4.28. The van der Waals surface area contributed by atoms with Crippen LogP contribution >= 0.6 is 11.6 Å². The van der Waals surface area contributed by atoms with E-state index in [4.69, 9.17) is 21.1 Å². The van der Waals surface area contributed by atoms with Gasteiger partial charge >= 0.3 is 5.97 Å². The van der Waals surface area contributed by atoms with E-state index in [1.807, 2.05) is 38.1 Å². The largest absolute Gasteiger partial charge is 0.490 e. The minimum Gasteiger partial charge on any atom is -0.490 e. The second kappa shape index (κ2) is 11.7. The van der Waals surface area contributed by atoms with E-state index in [1.165, 1.54) is 6.21 Å². The van der Waals surface area contributed by atoms with E-state index in [2.05, 4.69) is 15.8 Å². The van der Waals surface area contributed by atoms with Gasteiger partial charge in [0.05, 0.1) is 30.0 Å². The van der Waals surface area contributed by atoms with E-state index in [-0.39, 0.29) is 23.8 Å². The third-order valence-corrected chi connectivity index (χ3v) is 4.80. The zero-order valence-corrected chi connectivity index (χ0v) is 19.1. The fourth-order valence-electron chi connectivity index (χ4n) is 2.81. The minimum atomic E-state index is -0.587. The van der Waals surface area contributed by atoms with Gasteiger partial charge in [0, 0.05) is 5.69 Å². The van der Waals surface area contributed by atoms with Gasteiger partial charge in [0.1, 0.15) is 0 Å². The Morgan fingerprint density at radius 2 is 1.79 bits per heavy atom. The Balaban J connectivity index is 1.60. The highest BCUT2D eigenvalue weighted by Gasteiger charge is 2.15. The fourth-order valence-corrected chi connectivity index (χ4v) is 3.02. The van der Waals surface area contributed by atoms with Crippen molar-refractivity contribution in [2.45, 2.75) is 13.8 Å². The quantitative estimate of drug-likeness (QED) is 0.204. The molecule has 2 N–H and O–H groups in total. The number of carbonyl (C=O) groups excluding carboxylic acids is 2. The number of anilines is 1. The molecule has 0 saturated heterocycles. The lowest BCUT2D eigenvalue weighted by atomic mass is 10.2. The van der Waals surface area contributed by atoms with Gasteiger partial charge in [0.15, 0.2) is 11.5 Å². The lowest BCUT2D eigenvalue weighted by Crippen LogP contribution is -2.25. The Hall–Kier alpha value is -3.84. The third kappa shape index (κ3) is 7.08. The summed E-state index contributed by atoms with van der Waals surface area (Å²) in [5, 5.41) is 7.30. The van der Waals surface area contributed by atoms with Crippen molar-refractivity contribution in [2.24, 2.45) is 5.10 Å². The van der Waals surface area contributed by atoms with Crippen molar-refractivity contribution < 1.29 is 19.1 Å². The van der Waals surface area contributed by atoms with Gasteiger partial charge in [0.2, 0.25) is 0 Å². The molecule has 0 aliphatic heterocycles. The van der Waals surface area contributed by atoms with Crippen LogP contribution in [0.1, 0.15) is 28.4 Å². The molecule has 33 heavy (non-hydrogen) atoms. The predicted octanol–water partition coefficient (Wildman–Crippen LogP) is 4.83. The first-order valence-electron chi connectivity index (χ1n) is 10.3. The standard InChI is InChI=1S/C25H24ClN3O4/c1-3-32-23-14-18(10-13-22(23)33-25(31)20-6-4-5-7-21(20)26)15-28-29-24(30)16-27-19-11-8-17(2)9-12-19/h4-15,27H,3,16H2,1-2H3,(H,29,30)/b28-15+. The summed E-state index contributed by atoms with van der Waals surface area (Å²) in [7, 11) is 0. The maximum absolute atomic E-state index is 12.5. The SMILES string of the molecule is CCOc1cc(/C=N/NC(=O)CNc2ccc(C)cc2)ccc1OC(=O)c1ccccc1Cl. The molecule has 0 aliphatic rings. The summed E-state index contributed by atoms with van der Waals surface area (Å²) in [5.41, 5.74) is 5.37. The van der Waals surface area contributed by atoms with Gasteiger partial charge in [-0.1, -0.05) is 41.4 Å². The van der Waals surface area contributed by atoms with Crippen molar-refractivity contribution in [3.8, 4) is 11.5 Å². The minimum absolute atomic E-state index is 0.0849. The first kappa shape index (κ1) is 23.8. The Morgan fingerprint density at radius 3 is 2.52 bits per heavy atom.